The second-order valence-corrected chi connectivity index (χ2v) is 8.51. The smallest absolute Gasteiger partial charge is 0.234 e. The highest BCUT2D eigenvalue weighted by atomic mass is 35.5. The van der Waals surface area contributed by atoms with Crippen molar-refractivity contribution in [3.8, 4) is 6.07 Å². The van der Waals surface area contributed by atoms with Crippen LogP contribution in [0.3, 0.4) is 0 Å². The van der Waals surface area contributed by atoms with Crippen LogP contribution in [0.25, 0.3) is 0 Å². The van der Waals surface area contributed by atoms with Gasteiger partial charge in [-0.2, -0.15) is 5.26 Å². The van der Waals surface area contributed by atoms with E-state index in [9.17, 15) is 10.1 Å². The van der Waals surface area contributed by atoms with Crippen molar-refractivity contribution in [1.82, 2.24) is 14.8 Å². The Morgan fingerprint density at radius 1 is 1.26 bits per heavy atom. The van der Waals surface area contributed by atoms with E-state index in [2.05, 4.69) is 26.5 Å². The molecule has 1 aromatic carbocycles. The molecule has 3 aromatic rings. The number of thioether (sulfide) groups is 1. The Bertz CT molecular complexity index is 1090. The molecule has 8 nitrogen and oxygen atoms in total. The summed E-state index contributed by atoms with van der Waals surface area (Å²) in [6, 6.07) is 10.6. The van der Waals surface area contributed by atoms with Crippen LogP contribution >= 0.6 is 23.4 Å². The highest BCUT2D eigenvalue weighted by molar-refractivity contribution is 7.99. The quantitative estimate of drug-likeness (QED) is 0.532. The number of nitrogens with zero attached hydrogens (tertiary/aromatic N) is 5. The average molecular weight is 457 g/mol. The van der Waals surface area contributed by atoms with E-state index in [-0.39, 0.29) is 11.7 Å². The number of carbonyl (C=O) groups is 1. The van der Waals surface area contributed by atoms with E-state index < -0.39 is 0 Å². The summed E-state index contributed by atoms with van der Waals surface area (Å²) in [4.78, 5) is 14.8. The third kappa shape index (κ3) is 5.21. The zero-order chi connectivity index (χ0) is 21.6. The molecule has 1 aliphatic rings. The lowest BCUT2D eigenvalue weighted by Crippen LogP contribution is -2.32. The van der Waals surface area contributed by atoms with Gasteiger partial charge in [-0.25, -0.2) is 0 Å². The Morgan fingerprint density at radius 3 is 2.84 bits per heavy atom. The fourth-order valence-electron chi connectivity index (χ4n) is 3.45. The van der Waals surface area contributed by atoms with E-state index in [1.54, 1.807) is 24.5 Å². The molecule has 1 aliphatic heterocycles. The van der Waals surface area contributed by atoms with E-state index >= 15 is 0 Å². The number of benzene rings is 1. The Labute approximate surface area is 189 Å². The summed E-state index contributed by atoms with van der Waals surface area (Å²) < 4.78 is 7.51. The molecule has 0 unspecified atom stereocenters. The van der Waals surface area contributed by atoms with Crippen molar-refractivity contribution in [3.05, 3.63) is 52.9 Å². The Balaban J connectivity index is 1.49. The summed E-state index contributed by atoms with van der Waals surface area (Å²) in [7, 11) is 0. The minimum Gasteiger partial charge on any atom is -0.467 e. The van der Waals surface area contributed by atoms with E-state index in [1.807, 2.05) is 16.7 Å². The summed E-state index contributed by atoms with van der Waals surface area (Å²) >= 11 is 7.29. The molecule has 3 heterocycles. The van der Waals surface area contributed by atoms with Gasteiger partial charge in [0.25, 0.3) is 0 Å². The molecular weight excluding hydrogens is 436 g/mol. The lowest BCUT2D eigenvalue weighted by atomic mass is 10.1. The van der Waals surface area contributed by atoms with Crippen molar-refractivity contribution in [1.29, 1.82) is 5.26 Å². The first-order valence-electron chi connectivity index (χ1n) is 9.97. The van der Waals surface area contributed by atoms with Crippen LogP contribution in [0.5, 0.6) is 0 Å². The summed E-state index contributed by atoms with van der Waals surface area (Å²) in [6.45, 7) is 2.36. The SMILES string of the molecule is N#Cc1ccc(Cl)cc1NC(=O)CSc1nnc(N2CCCCC2)n1Cc1ccco1. The molecule has 10 heteroatoms. The lowest BCUT2D eigenvalue weighted by Gasteiger charge is -2.27. The number of nitriles is 1. The molecule has 1 amide bonds. The Kier molecular flexibility index (Phi) is 6.79. The number of hydrogen-bond acceptors (Lipinski definition) is 7. The number of anilines is 2. The number of furan rings is 1. The van der Waals surface area contributed by atoms with Gasteiger partial charge < -0.3 is 14.6 Å². The van der Waals surface area contributed by atoms with Crippen molar-refractivity contribution < 1.29 is 9.21 Å². The van der Waals surface area contributed by atoms with E-state index in [0.717, 1.165) is 37.6 Å². The topological polar surface area (TPSA) is 100.0 Å². The normalized spacial score (nSPS) is 13.7. The molecule has 0 radical (unpaired) electrons. The number of hydrogen-bond donors (Lipinski definition) is 1. The molecular formula is C21H21ClN6O2S. The standard InChI is InChI=1S/C21H21ClN6O2S/c22-16-7-6-15(12-23)18(11-16)24-19(29)14-31-21-26-25-20(27-8-2-1-3-9-27)28(21)13-17-5-4-10-30-17/h4-7,10-11H,1-3,8-9,13-14H2,(H,24,29). The zero-order valence-corrected chi connectivity index (χ0v) is 18.3. The largest absolute Gasteiger partial charge is 0.467 e. The van der Waals surface area contributed by atoms with Gasteiger partial charge in [0.05, 0.1) is 29.8 Å². The van der Waals surface area contributed by atoms with Gasteiger partial charge in [-0.15, -0.1) is 10.2 Å². The van der Waals surface area contributed by atoms with Crippen LogP contribution in [0.1, 0.15) is 30.6 Å². The molecule has 1 saturated heterocycles. The molecule has 31 heavy (non-hydrogen) atoms. The zero-order valence-electron chi connectivity index (χ0n) is 16.8. The number of nitrogens with one attached hydrogen (secondary N) is 1. The first-order chi connectivity index (χ1) is 15.1. The molecule has 0 aliphatic carbocycles. The fourth-order valence-corrected chi connectivity index (χ4v) is 4.35. The number of halogens is 1. The third-order valence-electron chi connectivity index (χ3n) is 4.94. The van der Waals surface area contributed by atoms with Crippen LogP contribution in [0.4, 0.5) is 11.6 Å². The number of aromatic nitrogens is 3. The highest BCUT2D eigenvalue weighted by Crippen LogP contribution is 2.26. The van der Waals surface area contributed by atoms with Crippen LogP contribution in [0, 0.1) is 11.3 Å². The summed E-state index contributed by atoms with van der Waals surface area (Å²) in [5.41, 5.74) is 0.753. The first kappa shape index (κ1) is 21.3. The lowest BCUT2D eigenvalue weighted by molar-refractivity contribution is -0.113. The maximum absolute atomic E-state index is 12.5. The molecule has 2 aromatic heterocycles. The van der Waals surface area contributed by atoms with E-state index in [0.29, 0.717) is 28.0 Å². The van der Waals surface area contributed by atoms with Gasteiger partial charge in [-0.3, -0.25) is 9.36 Å². The van der Waals surface area contributed by atoms with Crippen LogP contribution in [0.2, 0.25) is 5.02 Å². The van der Waals surface area contributed by atoms with Crippen LogP contribution in [-0.4, -0.2) is 39.5 Å². The third-order valence-corrected chi connectivity index (χ3v) is 6.14. The highest BCUT2D eigenvalue weighted by Gasteiger charge is 2.22. The van der Waals surface area contributed by atoms with Crippen molar-refractivity contribution in [2.75, 3.05) is 29.1 Å². The number of carbonyl (C=O) groups excluding carboxylic acids is 1. The monoisotopic (exact) mass is 456 g/mol. The van der Waals surface area contributed by atoms with Gasteiger partial charge in [0.1, 0.15) is 11.8 Å². The summed E-state index contributed by atoms with van der Waals surface area (Å²) in [5.74, 6) is 1.45. The summed E-state index contributed by atoms with van der Waals surface area (Å²) in [5, 5.41) is 21.8. The average Bonchev–Trinajstić information content (AvgIpc) is 3.43. The Morgan fingerprint density at radius 2 is 2.10 bits per heavy atom. The second kappa shape index (κ2) is 9.90. The molecule has 0 spiro atoms. The van der Waals surface area contributed by atoms with Crippen molar-refractivity contribution in [3.63, 3.8) is 0 Å². The minimum absolute atomic E-state index is 0.119. The predicted molar refractivity (Wildman–Crippen MR) is 119 cm³/mol. The number of piperidine rings is 1. The van der Waals surface area contributed by atoms with Gasteiger partial charge in [-0.1, -0.05) is 23.4 Å². The van der Waals surface area contributed by atoms with Crippen LogP contribution < -0.4 is 10.2 Å². The van der Waals surface area contributed by atoms with Crippen molar-refractivity contribution in [2.45, 2.75) is 31.0 Å². The van der Waals surface area contributed by atoms with Gasteiger partial charge in [0, 0.05) is 18.1 Å². The van der Waals surface area contributed by atoms with Crippen molar-refractivity contribution >= 4 is 40.9 Å². The van der Waals surface area contributed by atoms with Gasteiger partial charge in [-0.05, 0) is 49.6 Å². The fraction of sp³-hybridized carbons (Fsp3) is 0.333. The molecule has 0 saturated carbocycles. The Hall–Kier alpha value is -2.96. The first-order valence-corrected chi connectivity index (χ1v) is 11.3. The van der Waals surface area contributed by atoms with Crippen LogP contribution in [0.15, 0.2) is 46.2 Å². The minimum atomic E-state index is -0.254. The molecule has 1 fully saturated rings. The molecule has 1 N–H and O–H groups in total. The molecule has 0 atom stereocenters. The molecule has 160 valence electrons. The summed E-state index contributed by atoms with van der Waals surface area (Å²) in [6.07, 6.45) is 5.11. The number of amides is 1. The van der Waals surface area contributed by atoms with E-state index in [1.165, 1.54) is 18.2 Å². The second-order valence-electron chi connectivity index (χ2n) is 7.13. The van der Waals surface area contributed by atoms with Crippen LogP contribution in [-0.2, 0) is 11.3 Å². The van der Waals surface area contributed by atoms with Crippen molar-refractivity contribution in [2.24, 2.45) is 0 Å². The molecule has 0 bridgehead atoms. The maximum Gasteiger partial charge on any atom is 0.234 e. The van der Waals surface area contributed by atoms with E-state index in [4.69, 9.17) is 16.0 Å². The predicted octanol–water partition coefficient (Wildman–Crippen LogP) is 4.17. The number of rotatable bonds is 7. The van der Waals surface area contributed by atoms with Gasteiger partial charge in [0.15, 0.2) is 5.16 Å². The maximum atomic E-state index is 12.5. The van der Waals surface area contributed by atoms with Gasteiger partial charge in [0.2, 0.25) is 11.9 Å². The van der Waals surface area contributed by atoms with Gasteiger partial charge >= 0.3 is 0 Å². The molecule has 4 rings (SSSR count).